The van der Waals surface area contributed by atoms with Crippen molar-refractivity contribution in [3.05, 3.63) is 23.8 Å². The standard InChI is InChI=1S/C19H25NO5S/c1-4-5-8-23-19(22)14-10-26-18(12(2)3)20(14)17(21)13-6-7-15-16(9-13)25-11-24-15/h6-7,9,12,14,18H,4-5,8,10-11H2,1-3H3. The summed E-state index contributed by atoms with van der Waals surface area (Å²) >= 11 is 1.63. The smallest absolute Gasteiger partial charge is 0.329 e. The van der Waals surface area contributed by atoms with Crippen LogP contribution in [0, 0.1) is 5.92 Å². The maximum atomic E-state index is 13.2. The summed E-state index contributed by atoms with van der Waals surface area (Å²) in [5.74, 6) is 1.49. The molecule has 0 radical (unpaired) electrons. The number of hydrogen-bond donors (Lipinski definition) is 0. The molecule has 1 amide bonds. The zero-order valence-electron chi connectivity index (χ0n) is 15.4. The normalized spacial score (nSPS) is 21.3. The Bertz CT molecular complexity index is 678. The van der Waals surface area contributed by atoms with E-state index in [1.165, 1.54) is 0 Å². The van der Waals surface area contributed by atoms with Gasteiger partial charge in [0, 0.05) is 11.3 Å². The van der Waals surface area contributed by atoms with E-state index in [-0.39, 0.29) is 30.0 Å². The highest BCUT2D eigenvalue weighted by Crippen LogP contribution is 2.38. The van der Waals surface area contributed by atoms with Gasteiger partial charge in [-0.15, -0.1) is 11.8 Å². The Balaban J connectivity index is 1.81. The van der Waals surface area contributed by atoms with Gasteiger partial charge in [0.1, 0.15) is 6.04 Å². The van der Waals surface area contributed by atoms with Crippen molar-refractivity contribution < 1.29 is 23.8 Å². The molecule has 7 heteroatoms. The van der Waals surface area contributed by atoms with E-state index in [9.17, 15) is 9.59 Å². The number of hydrogen-bond acceptors (Lipinski definition) is 6. The number of ether oxygens (including phenoxy) is 3. The number of carbonyl (C=O) groups is 2. The molecular weight excluding hydrogens is 354 g/mol. The quantitative estimate of drug-likeness (QED) is 0.558. The second-order valence-corrected chi connectivity index (χ2v) is 7.93. The molecule has 2 unspecified atom stereocenters. The molecule has 1 fully saturated rings. The topological polar surface area (TPSA) is 65.1 Å². The lowest BCUT2D eigenvalue weighted by Crippen LogP contribution is -2.47. The van der Waals surface area contributed by atoms with Crippen LogP contribution in [0.15, 0.2) is 18.2 Å². The van der Waals surface area contributed by atoms with Crippen molar-refractivity contribution in [2.45, 2.75) is 45.0 Å². The van der Waals surface area contributed by atoms with Gasteiger partial charge in [0.15, 0.2) is 11.5 Å². The molecule has 1 saturated heterocycles. The second-order valence-electron chi connectivity index (χ2n) is 6.79. The summed E-state index contributed by atoms with van der Waals surface area (Å²) < 4.78 is 16.1. The molecule has 2 heterocycles. The zero-order valence-corrected chi connectivity index (χ0v) is 16.2. The fraction of sp³-hybridized carbons (Fsp3) is 0.579. The van der Waals surface area contributed by atoms with Gasteiger partial charge in [-0.3, -0.25) is 4.79 Å². The van der Waals surface area contributed by atoms with Crippen molar-refractivity contribution in [1.82, 2.24) is 4.90 Å². The van der Waals surface area contributed by atoms with Gasteiger partial charge in [-0.25, -0.2) is 4.79 Å². The highest BCUT2D eigenvalue weighted by atomic mass is 32.2. The van der Waals surface area contributed by atoms with Crippen LogP contribution in [0.2, 0.25) is 0 Å². The van der Waals surface area contributed by atoms with Crippen molar-refractivity contribution in [3.8, 4) is 11.5 Å². The number of thioether (sulfide) groups is 1. The second kappa shape index (κ2) is 8.20. The number of unbranched alkanes of at least 4 members (excludes halogenated alkanes) is 1. The third-order valence-corrected chi connectivity index (χ3v) is 6.09. The molecule has 142 valence electrons. The maximum absolute atomic E-state index is 13.2. The highest BCUT2D eigenvalue weighted by molar-refractivity contribution is 8.00. The van der Waals surface area contributed by atoms with E-state index in [4.69, 9.17) is 14.2 Å². The lowest BCUT2D eigenvalue weighted by atomic mass is 10.1. The van der Waals surface area contributed by atoms with E-state index >= 15 is 0 Å². The van der Waals surface area contributed by atoms with Gasteiger partial charge < -0.3 is 19.1 Å². The Labute approximate surface area is 158 Å². The number of benzene rings is 1. The Morgan fingerprint density at radius 2 is 2.08 bits per heavy atom. The van der Waals surface area contributed by atoms with Gasteiger partial charge in [0.2, 0.25) is 6.79 Å². The molecule has 0 aliphatic carbocycles. The molecule has 2 atom stereocenters. The summed E-state index contributed by atoms with van der Waals surface area (Å²) in [6.07, 6.45) is 1.79. The van der Waals surface area contributed by atoms with Crippen LogP contribution in [0.25, 0.3) is 0 Å². The predicted octanol–water partition coefficient (Wildman–Crippen LogP) is 3.30. The summed E-state index contributed by atoms with van der Waals surface area (Å²) in [4.78, 5) is 27.4. The Kier molecular flexibility index (Phi) is 5.96. The van der Waals surface area contributed by atoms with Crippen molar-refractivity contribution in [3.63, 3.8) is 0 Å². The molecule has 0 spiro atoms. The number of rotatable bonds is 6. The fourth-order valence-electron chi connectivity index (χ4n) is 3.07. The Hall–Kier alpha value is -1.89. The molecule has 26 heavy (non-hydrogen) atoms. The predicted molar refractivity (Wildman–Crippen MR) is 99.5 cm³/mol. The monoisotopic (exact) mass is 379 g/mol. The summed E-state index contributed by atoms with van der Waals surface area (Å²) in [5, 5.41) is -0.0587. The average Bonchev–Trinajstić information content (AvgIpc) is 3.27. The zero-order chi connectivity index (χ0) is 18.7. The van der Waals surface area contributed by atoms with Gasteiger partial charge in [-0.05, 0) is 30.5 Å². The molecular formula is C19H25NO5S. The molecule has 0 bridgehead atoms. The van der Waals surface area contributed by atoms with Crippen molar-refractivity contribution in [2.24, 2.45) is 5.92 Å². The van der Waals surface area contributed by atoms with E-state index in [0.717, 1.165) is 12.8 Å². The van der Waals surface area contributed by atoms with Crippen LogP contribution in [-0.2, 0) is 9.53 Å². The molecule has 1 aromatic carbocycles. The molecule has 2 aliphatic rings. The number of fused-ring (bicyclic) bond motifs is 1. The Morgan fingerprint density at radius 1 is 1.31 bits per heavy atom. The summed E-state index contributed by atoms with van der Waals surface area (Å²) in [6.45, 7) is 6.72. The highest BCUT2D eigenvalue weighted by Gasteiger charge is 2.44. The molecule has 1 aromatic rings. The molecule has 3 rings (SSSR count). The van der Waals surface area contributed by atoms with E-state index in [0.29, 0.717) is 29.4 Å². The Morgan fingerprint density at radius 3 is 2.81 bits per heavy atom. The van der Waals surface area contributed by atoms with Crippen LogP contribution < -0.4 is 9.47 Å². The number of amides is 1. The van der Waals surface area contributed by atoms with Crippen LogP contribution >= 0.6 is 11.8 Å². The van der Waals surface area contributed by atoms with Gasteiger partial charge >= 0.3 is 5.97 Å². The minimum Gasteiger partial charge on any atom is -0.464 e. The van der Waals surface area contributed by atoms with Crippen molar-refractivity contribution in [1.29, 1.82) is 0 Å². The van der Waals surface area contributed by atoms with E-state index in [1.807, 2.05) is 6.92 Å². The number of carbonyl (C=O) groups excluding carboxylic acids is 2. The van der Waals surface area contributed by atoms with Crippen LogP contribution in [-0.4, -0.2) is 47.3 Å². The van der Waals surface area contributed by atoms with E-state index in [2.05, 4.69) is 13.8 Å². The third kappa shape index (κ3) is 3.77. The van der Waals surface area contributed by atoms with Crippen LogP contribution in [0.5, 0.6) is 11.5 Å². The average molecular weight is 379 g/mol. The molecule has 0 saturated carbocycles. The lowest BCUT2D eigenvalue weighted by molar-refractivity contribution is -0.148. The van der Waals surface area contributed by atoms with Gasteiger partial charge in [-0.2, -0.15) is 0 Å². The maximum Gasteiger partial charge on any atom is 0.329 e. The van der Waals surface area contributed by atoms with Gasteiger partial charge in [0.25, 0.3) is 5.91 Å². The SMILES string of the molecule is CCCCOC(=O)C1CSC(C(C)C)N1C(=O)c1ccc2c(c1)OCO2. The van der Waals surface area contributed by atoms with Crippen LogP contribution in [0.1, 0.15) is 44.0 Å². The van der Waals surface area contributed by atoms with Crippen LogP contribution in [0.3, 0.4) is 0 Å². The minimum atomic E-state index is -0.554. The van der Waals surface area contributed by atoms with E-state index < -0.39 is 6.04 Å². The molecule has 6 nitrogen and oxygen atoms in total. The first-order valence-electron chi connectivity index (χ1n) is 9.03. The first-order valence-corrected chi connectivity index (χ1v) is 10.1. The van der Waals surface area contributed by atoms with Crippen molar-refractivity contribution in [2.75, 3.05) is 19.2 Å². The van der Waals surface area contributed by atoms with Gasteiger partial charge in [0.05, 0.1) is 12.0 Å². The summed E-state index contributed by atoms with van der Waals surface area (Å²) in [6, 6.07) is 4.58. The number of esters is 1. The van der Waals surface area contributed by atoms with Gasteiger partial charge in [-0.1, -0.05) is 27.2 Å². The van der Waals surface area contributed by atoms with E-state index in [1.54, 1.807) is 34.9 Å². The molecule has 0 aromatic heterocycles. The number of nitrogens with zero attached hydrogens (tertiary/aromatic N) is 1. The summed E-state index contributed by atoms with van der Waals surface area (Å²) in [5.41, 5.74) is 0.494. The van der Waals surface area contributed by atoms with Crippen LogP contribution in [0.4, 0.5) is 0 Å². The summed E-state index contributed by atoms with van der Waals surface area (Å²) in [7, 11) is 0. The molecule has 0 N–H and O–H groups in total. The molecule has 2 aliphatic heterocycles. The van der Waals surface area contributed by atoms with Crippen molar-refractivity contribution >= 4 is 23.6 Å². The fourth-order valence-corrected chi connectivity index (χ4v) is 4.54. The lowest BCUT2D eigenvalue weighted by Gasteiger charge is -2.30. The first-order chi connectivity index (χ1) is 12.5. The first kappa shape index (κ1) is 18.9. The minimum absolute atomic E-state index is 0.0587. The third-order valence-electron chi connectivity index (χ3n) is 4.47. The largest absolute Gasteiger partial charge is 0.464 e.